The van der Waals surface area contributed by atoms with E-state index >= 15 is 0 Å². The smallest absolute Gasteiger partial charge is 0.322 e. The van der Waals surface area contributed by atoms with Crippen LogP contribution in [0, 0.1) is 0 Å². The minimum absolute atomic E-state index is 0.0971. The molecule has 0 aromatic heterocycles. The van der Waals surface area contributed by atoms with Crippen LogP contribution in [-0.4, -0.2) is 11.8 Å². The lowest BCUT2D eigenvalue weighted by Crippen LogP contribution is -2.16. The van der Waals surface area contributed by atoms with E-state index in [9.17, 15) is 22.8 Å². The highest BCUT2D eigenvalue weighted by molar-refractivity contribution is 6.30. The Hall–Kier alpha value is -3.32. The zero-order valence-electron chi connectivity index (χ0n) is 14.8. The van der Waals surface area contributed by atoms with Crippen LogP contribution in [0.5, 0.6) is 0 Å². The van der Waals surface area contributed by atoms with Crippen molar-refractivity contribution in [3.05, 3.63) is 94.5 Å². The molecule has 0 unspecified atom stereocenters. The van der Waals surface area contributed by atoms with Crippen LogP contribution >= 0.6 is 11.6 Å². The lowest BCUT2D eigenvalue weighted by Gasteiger charge is -2.14. The zero-order chi connectivity index (χ0) is 21.0. The van der Waals surface area contributed by atoms with Gasteiger partial charge in [0.05, 0.1) is 5.56 Å². The van der Waals surface area contributed by atoms with Crippen molar-refractivity contribution in [1.82, 2.24) is 0 Å². The number of carbonyl (C=O) groups excluding carboxylic acids is 2. The number of alkyl halides is 3. The number of halogens is 4. The third kappa shape index (κ3) is 5.36. The first-order chi connectivity index (χ1) is 13.7. The molecule has 0 heterocycles. The number of nitrogens with one attached hydrogen (secondary N) is 2. The fourth-order valence-corrected chi connectivity index (χ4v) is 2.66. The summed E-state index contributed by atoms with van der Waals surface area (Å²) in [5.41, 5.74) is -0.698. The van der Waals surface area contributed by atoms with Crippen LogP contribution < -0.4 is 10.6 Å². The van der Waals surface area contributed by atoms with E-state index in [0.717, 1.165) is 12.1 Å². The van der Waals surface area contributed by atoms with Crippen molar-refractivity contribution in [2.24, 2.45) is 0 Å². The van der Waals surface area contributed by atoms with Crippen LogP contribution in [-0.2, 0) is 6.18 Å². The molecule has 0 spiro atoms. The Morgan fingerprint density at radius 1 is 0.724 bits per heavy atom. The summed E-state index contributed by atoms with van der Waals surface area (Å²) >= 11 is 5.77. The number of anilines is 2. The third-order valence-electron chi connectivity index (χ3n) is 3.92. The molecule has 2 N–H and O–H groups in total. The molecule has 0 saturated carbocycles. The van der Waals surface area contributed by atoms with E-state index in [-0.39, 0.29) is 22.5 Å². The Balaban J connectivity index is 1.88. The monoisotopic (exact) mass is 418 g/mol. The molecule has 2 amide bonds. The van der Waals surface area contributed by atoms with Gasteiger partial charge in [-0.1, -0.05) is 29.8 Å². The van der Waals surface area contributed by atoms with Gasteiger partial charge in [0.2, 0.25) is 0 Å². The van der Waals surface area contributed by atoms with Gasteiger partial charge in [-0.25, -0.2) is 0 Å². The van der Waals surface area contributed by atoms with E-state index in [1.807, 2.05) is 0 Å². The molecule has 0 aliphatic heterocycles. The van der Waals surface area contributed by atoms with E-state index in [0.29, 0.717) is 5.02 Å². The predicted octanol–water partition coefficient (Wildman–Crippen LogP) is 5.86. The predicted molar refractivity (Wildman–Crippen MR) is 105 cm³/mol. The van der Waals surface area contributed by atoms with Gasteiger partial charge in [0.15, 0.2) is 0 Å². The number of hydrogen-bond donors (Lipinski definition) is 2. The Bertz CT molecular complexity index is 1040. The number of amides is 2. The minimum Gasteiger partial charge on any atom is -0.322 e. The highest BCUT2D eigenvalue weighted by Crippen LogP contribution is 2.33. The van der Waals surface area contributed by atoms with Crippen LogP contribution in [0.25, 0.3) is 0 Å². The highest BCUT2D eigenvalue weighted by Gasteiger charge is 2.31. The summed E-state index contributed by atoms with van der Waals surface area (Å²) in [5.74, 6) is -1.18. The molecule has 148 valence electrons. The largest absolute Gasteiger partial charge is 0.416 e. The maximum Gasteiger partial charge on any atom is 0.416 e. The minimum atomic E-state index is -4.66. The van der Waals surface area contributed by atoms with Crippen LogP contribution in [0.4, 0.5) is 24.5 Å². The third-order valence-corrected chi connectivity index (χ3v) is 4.17. The Labute approximate surface area is 169 Å². The number of hydrogen-bond acceptors (Lipinski definition) is 2. The van der Waals surface area contributed by atoms with Crippen molar-refractivity contribution in [1.29, 1.82) is 0 Å². The van der Waals surface area contributed by atoms with Crippen LogP contribution in [0.1, 0.15) is 26.3 Å². The van der Waals surface area contributed by atoms with Gasteiger partial charge in [0.25, 0.3) is 11.8 Å². The first-order valence-corrected chi connectivity index (χ1v) is 8.76. The van der Waals surface area contributed by atoms with Crippen LogP contribution in [0.3, 0.4) is 0 Å². The van der Waals surface area contributed by atoms with E-state index in [4.69, 9.17) is 11.6 Å². The summed E-state index contributed by atoms with van der Waals surface area (Å²) < 4.78 is 39.8. The molecule has 3 rings (SSSR count). The second-order valence-electron chi connectivity index (χ2n) is 6.08. The lowest BCUT2D eigenvalue weighted by molar-refractivity contribution is -0.137. The zero-order valence-corrected chi connectivity index (χ0v) is 15.5. The molecule has 0 fully saturated rings. The van der Waals surface area contributed by atoms with E-state index in [2.05, 4.69) is 10.6 Å². The Morgan fingerprint density at radius 2 is 1.21 bits per heavy atom. The average molecular weight is 419 g/mol. The molecule has 8 heteroatoms. The Kier molecular flexibility index (Phi) is 5.89. The molecule has 0 aliphatic carbocycles. The van der Waals surface area contributed by atoms with Crippen molar-refractivity contribution in [2.75, 3.05) is 10.6 Å². The topological polar surface area (TPSA) is 58.2 Å². The van der Waals surface area contributed by atoms with Gasteiger partial charge >= 0.3 is 6.18 Å². The van der Waals surface area contributed by atoms with Crippen molar-refractivity contribution in [2.45, 2.75) is 6.18 Å². The van der Waals surface area contributed by atoms with Gasteiger partial charge in [0, 0.05) is 27.5 Å². The van der Waals surface area contributed by atoms with Gasteiger partial charge in [-0.3, -0.25) is 9.59 Å². The molecule has 0 atom stereocenters. The lowest BCUT2D eigenvalue weighted by atomic mass is 10.1. The summed E-state index contributed by atoms with van der Waals surface area (Å²) in [6.45, 7) is 0. The Morgan fingerprint density at radius 3 is 1.69 bits per heavy atom. The van der Waals surface area contributed by atoms with E-state index in [1.165, 1.54) is 42.5 Å². The highest BCUT2D eigenvalue weighted by atomic mass is 35.5. The van der Waals surface area contributed by atoms with Gasteiger partial charge < -0.3 is 10.6 Å². The fourth-order valence-electron chi connectivity index (χ4n) is 2.53. The summed E-state index contributed by atoms with van der Waals surface area (Å²) in [6, 6.07) is 16.8. The normalized spacial score (nSPS) is 11.0. The second-order valence-corrected chi connectivity index (χ2v) is 6.51. The van der Waals surface area contributed by atoms with Crippen molar-refractivity contribution < 1.29 is 22.8 Å². The van der Waals surface area contributed by atoms with Crippen molar-refractivity contribution >= 4 is 34.8 Å². The molecule has 0 aliphatic rings. The summed E-state index contributed by atoms with van der Waals surface area (Å²) in [7, 11) is 0. The first-order valence-electron chi connectivity index (χ1n) is 8.38. The molecular formula is C21H14ClF3N2O2. The summed E-state index contributed by atoms with van der Waals surface area (Å²) in [4.78, 5) is 24.6. The van der Waals surface area contributed by atoms with Crippen molar-refractivity contribution in [3.63, 3.8) is 0 Å². The molecule has 0 radical (unpaired) electrons. The van der Waals surface area contributed by atoms with Gasteiger partial charge in [0.1, 0.15) is 0 Å². The SMILES string of the molecule is O=C(Nc1cc(NC(=O)c2ccc(Cl)cc2)cc(C(F)(F)F)c1)c1ccccc1. The average Bonchev–Trinajstić information content (AvgIpc) is 2.68. The second kappa shape index (κ2) is 8.36. The van der Waals surface area contributed by atoms with Gasteiger partial charge in [-0.2, -0.15) is 13.2 Å². The molecule has 0 saturated heterocycles. The molecule has 3 aromatic carbocycles. The molecular weight excluding hydrogens is 405 g/mol. The molecule has 29 heavy (non-hydrogen) atoms. The summed E-state index contributed by atoms with van der Waals surface area (Å²) in [6.07, 6.45) is -4.66. The maximum absolute atomic E-state index is 13.3. The fraction of sp³-hybridized carbons (Fsp3) is 0.0476. The van der Waals surface area contributed by atoms with Crippen molar-refractivity contribution in [3.8, 4) is 0 Å². The number of carbonyl (C=O) groups is 2. The quantitative estimate of drug-likeness (QED) is 0.557. The van der Waals surface area contributed by atoms with Gasteiger partial charge in [-0.15, -0.1) is 0 Å². The van der Waals surface area contributed by atoms with Gasteiger partial charge in [-0.05, 0) is 54.6 Å². The first kappa shape index (κ1) is 20.4. The van der Waals surface area contributed by atoms with Crippen LogP contribution in [0.15, 0.2) is 72.8 Å². The van der Waals surface area contributed by atoms with E-state index in [1.54, 1.807) is 18.2 Å². The van der Waals surface area contributed by atoms with E-state index < -0.39 is 23.6 Å². The molecule has 4 nitrogen and oxygen atoms in total. The summed E-state index contributed by atoms with van der Waals surface area (Å²) in [5, 5.41) is 5.26. The number of rotatable bonds is 4. The number of benzene rings is 3. The molecule has 3 aromatic rings. The maximum atomic E-state index is 13.3. The van der Waals surface area contributed by atoms with Crippen LogP contribution in [0.2, 0.25) is 5.02 Å². The molecule has 0 bridgehead atoms. The standard InChI is InChI=1S/C21H14ClF3N2O2/c22-16-8-6-14(7-9-16)20(29)27-18-11-15(21(23,24)25)10-17(12-18)26-19(28)13-4-2-1-3-5-13/h1-12H,(H,26,28)(H,27,29).